The molecule has 0 amide bonds. The van der Waals surface area contributed by atoms with Crippen LogP contribution in [0, 0.1) is 0 Å². The molecular weight excluding hydrogens is 210 g/mol. The first-order valence-electron chi connectivity index (χ1n) is 5.09. The molecule has 1 atom stereocenters. The van der Waals surface area contributed by atoms with Crippen molar-refractivity contribution in [3.63, 3.8) is 0 Å². The van der Waals surface area contributed by atoms with Crippen molar-refractivity contribution >= 4 is 11.9 Å². The highest BCUT2D eigenvalue weighted by Gasteiger charge is 2.17. The fourth-order valence-corrected chi connectivity index (χ4v) is 1.26. The molecule has 0 saturated carbocycles. The minimum atomic E-state index is -1.20. The monoisotopic (exact) mass is 225 g/mol. The SMILES string of the molecule is NC(CC(=O)OCC1=CCCC=C1)C(=O)O. The topological polar surface area (TPSA) is 89.6 Å². The molecule has 0 spiro atoms. The van der Waals surface area contributed by atoms with Crippen LogP contribution in [0.3, 0.4) is 0 Å². The number of rotatable bonds is 5. The molecule has 5 heteroatoms. The smallest absolute Gasteiger partial charge is 0.321 e. The molecule has 1 unspecified atom stereocenters. The lowest BCUT2D eigenvalue weighted by molar-refractivity contribution is -0.148. The molecule has 0 fully saturated rings. The van der Waals surface area contributed by atoms with Crippen molar-refractivity contribution in [3.8, 4) is 0 Å². The highest BCUT2D eigenvalue weighted by atomic mass is 16.5. The fraction of sp³-hybridized carbons (Fsp3) is 0.455. The van der Waals surface area contributed by atoms with Gasteiger partial charge in [0.05, 0.1) is 6.42 Å². The van der Waals surface area contributed by atoms with Gasteiger partial charge >= 0.3 is 11.9 Å². The Morgan fingerprint density at radius 3 is 2.81 bits per heavy atom. The van der Waals surface area contributed by atoms with Gasteiger partial charge in [-0.25, -0.2) is 0 Å². The van der Waals surface area contributed by atoms with E-state index >= 15 is 0 Å². The molecule has 5 nitrogen and oxygen atoms in total. The molecule has 1 aliphatic rings. The lowest BCUT2D eigenvalue weighted by atomic mass is 10.1. The number of hydrogen-bond acceptors (Lipinski definition) is 4. The van der Waals surface area contributed by atoms with E-state index in [1.807, 2.05) is 18.2 Å². The highest BCUT2D eigenvalue weighted by molar-refractivity contribution is 5.81. The summed E-state index contributed by atoms with van der Waals surface area (Å²) in [4.78, 5) is 21.6. The van der Waals surface area contributed by atoms with Gasteiger partial charge in [0.1, 0.15) is 12.6 Å². The summed E-state index contributed by atoms with van der Waals surface area (Å²) in [5.41, 5.74) is 6.13. The first-order chi connectivity index (χ1) is 7.59. The summed E-state index contributed by atoms with van der Waals surface area (Å²) in [7, 11) is 0. The van der Waals surface area contributed by atoms with E-state index in [-0.39, 0.29) is 13.0 Å². The second-order valence-corrected chi connectivity index (χ2v) is 3.57. The minimum Gasteiger partial charge on any atom is -0.480 e. The van der Waals surface area contributed by atoms with Crippen LogP contribution in [-0.2, 0) is 14.3 Å². The second kappa shape index (κ2) is 6.07. The lowest BCUT2D eigenvalue weighted by Crippen LogP contribution is -2.33. The molecule has 88 valence electrons. The lowest BCUT2D eigenvalue weighted by Gasteiger charge is -2.09. The summed E-state index contributed by atoms with van der Waals surface area (Å²) in [5.74, 6) is -1.79. The molecule has 0 heterocycles. The average Bonchev–Trinajstić information content (AvgIpc) is 2.27. The zero-order chi connectivity index (χ0) is 12.0. The van der Waals surface area contributed by atoms with Gasteiger partial charge in [0, 0.05) is 0 Å². The molecule has 0 aromatic carbocycles. The molecular formula is C11H15NO4. The number of aliphatic carboxylic acids is 1. The average molecular weight is 225 g/mol. The summed E-state index contributed by atoms with van der Waals surface area (Å²) in [6.07, 6.45) is 7.54. The molecule has 3 N–H and O–H groups in total. The van der Waals surface area contributed by atoms with Crippen molar-refractivity contribution in [1.29, 1.82) is 0 Å². The van der Waals surface area contributed by atoms with Crippen molar-refractivity contribution in [2.75, 3.05) is 6.61 Å². The highest BCUT2D eigenvalue weighted by Crippen LogP contribution is 2.10. The first-order valence-corrected chi connectivity index (χ1v) is 5.09. The number of hydrogen-bond donors (Lipinski definition) is 2. The van der Waals surface area contributed by atoms with Crippen molar-refractivity contribution in [3.05, 3.63) is 23.8 Å². The number of ether oxygens (including phenoxy) is 1. The number of carbonyl (C=O) groups is 2. The van der Waals surface area contributed by atoms with E-state index in [0.717, 1.165) is 18.4 Å². The largest absolute Gasteiger partial charge is 0.480 e. The van der Waals surface area contributed by atoms with E-state index in [9.17, 15) is 9.59 Å². The zero-order valence-corrected chi connectivity index (χ0v) is 8.89. The van der Waals surface area contributed by atoms with Crippen LogP contribution in [0.25, 0.3) is 0 Å². The van der Waals surface area contributed by atoms with Gasteiger partial charge in [0.2, 0.25) is 0 Å². The Balaban J connectivity index is 2.27. The predicted octanol–water partition coefficient (Wildman–Crippen LogP) is 0.608. The second-order valence-electron chi connectivity index (χ2n) is 3.57. The maximum atomic E-state index is 11.2. The van der Waals surface area contributed by atoms with Gasteiger partial charge in [-0.15, -0.1) is 0 Å². The van der Waals surface area contributed by atoms with Crippen LogP contribution in [0.5, 0.6) is 0 Å². The number of nitrogens with two attached hydrogens (primary N) is 1. The summed E-state index contributed by atoms with van der Waals surface area (Å²) in [6, 6.07) is -1.19. The Morgan fingerprint density at radius 1 is 1.50 bits per heavy atom. The van der Waals surface area contributed by atoms with E-state index in [1.165, 1.54) is 0 Å². The molecule has 0 saturated heterocycles. The summed E-state index contributed by atoms with van der Waals surface area (Å²) in [6.45, 7) is 0.182. The Morgan fingerprint density at radius 2 is 2.25 bits per heavy atom. The zero-order valence-electron chi connectivity index (χ0n) is 8.89. The van der Waals surface area contributed by atoms with Crippen molar-refractivity contribution in [1.82, 2.24) is 0 Å². The molecule has 1 rings (SSSR count). The minimum absolute atomic E-state index is 0.182. The Hall–Kier alpha value is -1.62. The van der Waals surface area contributed by atoms with Crippen LogP contribution in [0.1, 0.15) is 19.3 Å². The van der Waals surface area contributed by atoms with Crippen molar-refractivity contribution < 1.29 is 19.4 Å². The van der Waals surface area contributed by atoms with Crippen LogP contribution in [-0.4, -0.2) is 29.7 Å². The third kappa shape index (κ3) is 4.27. The summed E-state index contributed by atoms with van der Waals surface area (Å²) < 4.78 is 4.90. The van der Waals surface area contributed by atoms with Gasteiger partial charge in [-0.3, -0.25) is 9.59 Å². The van der Waals surface area contributed by atoms with E-state index in [1.54, 1.807) is 0 Å². The summed E-state index contributed by atoms with van der Waals surface area (Å²) in [5, 5.41) is 8.49. The molecule has 0 radical (unpaired) electrons. The molecule has 1 aliphatic carbocycles. The Bertz CT molecular complexity index is 333. The van der Waals surface area contributed by atoms with Crippen LogP contribution >= 0.6 is 0 Å². The Labute approximate surface area is 93.6 Å². The first kappa shape index (κ1) is 12.4. The predicted molar refractivity (Wildman–Crippen MR) is 57.6 cm³/mol. The number of carboxylic acids is 1. The van der Waals surface area contributed by atoms with Crippen LogP contribution in [0.4, 0.5) is 0 Å². The van der Waals surface area contributed by atoms with Crippen molar-refractivity contribution in [2.45, 2.75) is 25.3 Å². The Kier molecular flexibility index (Phi) is 4.72. The maximum absolute atomic E-state index is 11.2. The van der Waals surface area contributed by atoms with Gasteiger partial charge in [-0.2, -0.15) is 0 Å². The standard InChI is InChI=1S/C11H15NO4/c12-9(11(14)15)6-10(13)16-7-8-4-2-1-3-5-8/h2,4-5,9H,1,3,6-7,12H2,(H,14,15). The number of carboxylic acid groups (broad SMARTS) is 1. The summed E-state index contributed by atoms with van der Waals surface area (Å²) >= 11 is 0. The molecule has 0 aliphatic heterocycles. The van der Waals surface area contributed by atoms with E-state index in [4.69, 9.17) is 15.6 Å². The van der Waals surface area contributed by atoms with Gasteiger partial charge in [0.15, 0.2) is 0 Å². The molecule has 0 bridgehead atoms. The molecule has 16 heavy (non-hydrogen) atoms. The number of esters is 1. The fourth-order valence-electron chi connectivity index (χ4n) is 1.26. The van der Waals surface area contributed by atoms with E-state index < -0.39 is 18.0 Å². The van der Waals surface area contributed by atoms with Gasteiger partial charge < -0.3 is 15.6 Å². The van der Waals surface area contributed by atoms with Crippen LogP contribution in [0.2, 0.25) is 0 Å². The number of allylic oxidation sites excluding steroid dienone is 2. The molecule has 0 aromatic rings. The van der Waals surface area contributed by atoms with E-state index in [0.29, 0.717) is 0 Å². The normalized spacial score (nSPS) is 16.4. The quantitative estimate of drug-likeness (QED) is 0.669. The van der Waals surface area contributed by atoms with Gasteiger partial charge in [0.25, 0.3) is 0 Å². The maximum Gasteiger partial charge on any atom is 0.321 e. The number of carbonyl (C=O) groups excluding carboxylic acids is 1. The molecule has 0 aromatic heterocycles. The van der Waals surface area contributed by atoms with Crippen LogP contribution < -0.4 is 5.73 Å². The van der Waals surface area contributed by atoms with Gasteiger partial charge in [-0.1, -0.05) is 18.2 Å². The van der Waals surface area contributed by atoms with Crippen molar-refractivity contribution in [2.24, 2.45) is 5.73 Å². The van der Waals surface area contributed by atoms with E-state index in [2.05, 4.69) is 0 Å². The van der Waals surface area contributed by atoms with Gasteiger partial charge in [-0.05, 0) is 18.4 Å². The third-order valence-corrected chi connectivity index (χ3v) is 2.18. The van der Waals surface area contributed by atoms with Crippen LogP contribution in [0.15, 0.2) is 23.8 Å². The third-order valence-electron chi connectivity index (χ3n) is 2.18.